The molecular weight excluding hydrogens is 293 g/mol. The second-order valence-electron chi connectivity index (χ2n) is 5.38. The fourth-order valence-corrected chi connectivity index (χ4v) is 3.52. The quantitative estimate of drug-likeness (QED) is 0.753. The van der Waals surface area contributed by atoms with Gasteiger partial charge < -0.3 is 10.1 Å². The molecule has 1 aliphatic heterocycles. The van der Waals surface area contributed by atoms with Gasteiger partial charge in [-0.3, -0.25) is 0 Å². The molecule has 1 aromatic rings. The summed E-state index contributed by atoms with van der Waals surface area (Å²) in [6.45, 7) is 6.72. The van der Waals surface area contributed by atoms with E-state index < -0.39 is 0 Å². The van der Waals surface area contributed by atoms with Crippen molar-refractivity contribution in [2.24, 2.45) is 5.92 Å². The Balaban J connectivity index is 1.92. The van der Waals surface area contributed by atoms with Gasteiger partial charge in [0.05, 0.1) is 6.61 Å². The molecule has 0 saturated heterocycles. The summed E-state index contributed by atoms with van der Waals surface area (Å²) < 4.78 is 5.70. The number of fused-ring (bicyclic) bond motifs is 1. The van der Waals surface area contributed by atoms with E-state index in [4.69, 9.17) is 27.9 Å². The number of hydrogen-bond acceptors (Lipinski definition) is 2. The number of rotatable bonds is 7. The average molecular weight is 316 g/mol. The molecule has 2 nitrogen and oxygen atoms in total. The summed E-state index contributed by atoms with van der Waals surface area (Å²) in [5.74, 6) is 1.58. The van der Waals surface area contributed by atoms with Crippen LogP contribution in [0.2, 0.25) is 5.02 Å². The van der Waals surface area contributed by atoms with Crippen molar-refractivity contribution >= 4 is 23.2 Å². The monoisotopic (exact) mass is 315 g/mol. The lowest BCUT2D eigenvalue weighted by molar-refractivity contribution is 0.352. The molecule has 0 fully saturated rings. The molecule has 112 valence electrons. The van der Waals surface area contributed by atoms with Crippen molar-refractivity contribution in [3.8, 4) is 5.75 Å². The molecule has 0 aromatic heterocycles. The van der Waals surface area contributed by atoms with Gasteiger partial charge in [0, 0.05) is 35.5 Å². The van der Waals surface area contributed by atoms with E-state index in [1.165, 1.54) is 5.56 Å². The first kappa shape index (κ1) is 15.9. The zero-order valence-corrected chi connectivity index (χ0v) is 13.7. The number of halogens is 2. The van der Waals surface area contributed by atoms with Crippen LogP contribution in [0.3, 0.4) is 0 Å². The molecule has 0 spiro atoms. The Labute approximate surface area is 131 Å². The van der Waals surface area contributed by atoms with Crippen LogP contribution >= 0.6 is 23.2 Å². The van der Waals surface area contributed by atoms with Crippen LogP contribution in [0, 0.1) is 5.92 Å². The maximum atomic E-state index is 6.44. The van der Waals surface area contributed by atoms with Gasteiger partial charge in [-0.05, 0) is 23.6 Å². The van der Waals surface area contributed by atoms with Crippen LogP contribution in [-0.2, 0) is 13.0 Å². The van der Waals surface area contributed by atoms with Gasteiger partial charge in [0.2, 0.25) is 0 Å². The van der Waals surface area contributed by atoms with E-state index in [1.807, 2.05) is 12.1 Å². The molecule has 1 N–H and O–H groups in total. The lowest BCUT2D eigenvalue weighted by Crippen LogP contribution is -2.28. The van der Waals surface area contributed by atoms with Gasteiger partial charge in [0.15, 0.2) is 0 Å². The largest absolute Gasteiger partial charge is 0.493 e. The summed E-state index contributed by atoms with van der Waals surface area (Å²) in [5, 5.41) is 4.40. The van der Waals surface area contributed by atoms with Crippen molar-refractivity contribution in [2.75, 3.05) is 13.2 Å². The molecule has 2 rings (SSSR count). The summed E-state index contributed by atoms with van der Waals surface area (Å²) in [7, 11) is 0. The number of nitrogens with one attached hydrogen (secondary N) is 1. The van der Waals surface area contributed by atoms with Crippen LogP contribution in [0.5, 0.6) is 5.75 Å². The Morgan fingerprint density at radius 2 is 2.05 bits per heavy atom. The highest BCUT2D eigenvalue weighted by atomic mass is 35.5. The Morgan fingerprint density at radius 3 is 2.75 bits per heavy atom. The third-order valence-corrected chi connectivity index (χ3v) is 4.77. The van der Waals surface area contributed by atoms with E-state index in [1.54, 1.807) is 0 Å². The van der Waals surface area contributed by atoms with Crippen molar-refractivity contribution in [1.29, 1.82) is 0 Å². The molecule has 20 heavy (non-hydrogen) atoms. The average Bonchev–Trinajstić information content (AvgIpc) is 2.88. The molecule has 0 bridgehead atoms. The van der Waals surface area contributed by atoms with E-state index in [0.29, 0.717) is 5.92 Å². The smallest absolute Gasteiger partial charge is 0.127 e. The first-order valence-electron chi connectivity index (χ1n) is 7.44. The SMILES string of the molecule is CCC(CC)C(Cl)CNCc1cc(Cl)cc2c1OCC2. The molecule has 0 radical (unpaired) electrons. The topological polar surface area (TPSA) is 21.3 Å². The van der Waals surface area contributed by atoms with Crippen LogP contribution < -0.4 is 10.1 Å². The van der Waals surface area contributed by atoms with Crippen LogP contribution in [0.4, 0.5) is 0 Å². The molecule has 0 saturated carbocycles. The van der Waals surface area contributed by atoms with E-state index in [-0.39, 0.29) is 5.38 Å². The summed E-state index contributed by atoms with van der Waals surface area (Å²) in [6.07, 6.45) is 3.21. The molecular formula is C16H23Cl2NO. The lowest BCUT2D eigenvalue weighted by Gasteiger charge is -2.20. The van der Waals surface area contributed by atoms with Crippen LogP contribution in [0.25, 0.3) is 0 Å². The van der Waals surface area contributed by atoms with Gasteiger partial charge in [0.1, 0.15) is 5.75 Å². The molecule has 0 aliphatic carbocycles. The Bertz CT molecular complexity index is 446. The van der Waals surface area contributed by atoms with Crippen molar-refractivity contribution in [3.05, 3.63) is 28.3 Å². The third kappa shape index (κ3) is 3.81. The van der Waals surface area contributed by atoms with Gasteiger partial charge in [-0.25, -0.2) is 0 Å². The summed E-state index contributed by atoms with van der Waals surface area (Å²) in [6, 6.07) is 3.99. The molecule has 1 aromatic carbocycles. The molecule has 1 unspecified atom stereocenters. The summed E-state index contributed by atoms with van der Waals surface area (Å²) >= 11 is 12.6. The Kier molecular flexibility index (Phi) is 6.01. The van der Waals surface area contributed by atoms with Crippen LogP contribution in [-0.4, -0.2) is 18.5 Å². The predicted octanol–water partition coefficient (Wildman–Crippen LogP) is 4.41. The minimum atomic E-state index is 0.179. The fraction of sp³-hybridized carbons (Fsp3) is 0.625. The number of hydrogen-bond donors (Lipinski definition) is 1. The van der Waals surface area contributed by atoms with Crippen molar-refractivity contribution in [2.45, 2.75) is 45.0 Å². The van der Waals surface area contributed by atoms with Crippen molar-refractivity contribution < 1.29 is 4.74 Å². The normalized spacial score (nSPS) is 15.2. The summed E-state index contributed by atoms with van der Waals surface area (Å²) in [5.41, 5.74) is 2.36. The van der Waals surface area contributed by atoms with E-state index in [0.717, 1.165) is 55.3 Å². The van der Waals surface area contributed by atoms with E-state index in [9.17, 15) is 0 Å². The number of benzene rings is 1. The Hall–Kier alpha value is -0.440. The standard InChI is InChI=1S/C16H23Cl2NO/c1-3-11(4-2)15(18)10-19-9-13-8-14(17)7-12-5-6-20-16(12)13/h7-8,11,15,19H,3-6,9-10H2,1-2H3. The first-order chi connectivity index (χ1) is 9.65. The molecule has 0 amide bonds. The van der Waals surface area contributed by atoms with E-state index >= 15 is 0 Å². The highest BCUT2D eigenvalue weighted by Crippen LogP contribution is 2.32. The maximum absolute atomic E-state index is 6.44. The minimum Gasteiger partial charge on any atom is -0.493 e. The van der Waals surface area contributed by atoms with Gasteiger partial charge in [0.25, 0.3) is 0 Å². The summed E-state index contributed by atoms with van der Waals surface area (Å²) in [4.78, 5) is 0. The zero-order chi connectivity index (χ0) is 14.5. The zero-order valence-electron chi connectivity index (χ0n) is 12.2. The van der Waals surface area contributed by atoms with Crippen molar-refractivity contribution in [1.82, 2.24) is 5.32 Å². The van der Waals surface area contributed by atoms with E-state index in [2.05, 4.69) is 19.2 Å². The van der Waals surface area contributed by atoms with Gasteiger partial charge in [-0.15, -0.1) is 11.6 Å². The van der Waals surface area contributed by atoms with Crippen molar-refractivity contribution in [3.63, 3.8) is 0 Å². The van der Waals surface area contributed by atoms with Crippen LogP contribution in [0.15, 0.2) is 12.1 Å². The molecule has 4 heteroatoms. The van der Waals surface area contributed by atoms with Gasteiger partial charge >= 0.3 is 0 Å². The van der Waals surface area contributed by atoms with Gasteiger partial charge in [-0.1, -0.05) is 38.3 Å². The lowest BCUT2D eigenvalue weighted by atomic mass is 9.99. The van der Waals surface area contributed by atoms with Gasteiger partial charge in [-0.2, -0.15) is 0 Å². The highest BCUT2D eigenvalue weighted by molar-refractivity contribution is 6.30. The number of ether oxygens (including phenoxy) is 1. The molecule has 1 aliphatic rings. The highest BCUT2D eigenvalue weighted by Gasteiger charge is 2.19. The predicted molar refractivity (Wildman–Crippen MR) is 86.1 cm³/mol. The molecule has 1 heterocycles. The fourth-order valence-electron chi connectivity index (χ4n) is 2.79. The maximum Gasteiger partial charge on any atom is 0.127 e. The second kappa shape index (κ2) is 7.53. The van der Waals surface area contributed by atoms with Crippen LogP contribution in [0.1, 0.15) is 37.8 Å². The second-order valence-corrected chi connectivity index (χ2v) is 6.37. The third-order valence-electron chi connectivity index (χ3n) is 4.04. The first-order valence-corrected chi connectivity index (χ1v) is 8.26. The number of alkyl halides is 1. The Morgan fingerprint density at radius 1 is 1.30 bits per heavy atom. The molecule has 1 atom stereocenters. The minimum absolute atomic E-state index is 0.179.